The van der Waals surface area contributed by atoms with Crippen LogP contribution in [0.25, 0.3) is 22.4 Å². The van der Waals surface area contributed by atoms with Crippen molar-refractivity contribution in [2.24, 2.45) is 0 Å². The van der Waals surface area contributed by atoms with E-state index < -0.39 is 0 Å². The molecule has 6 heteroatoms. The molecule has 0 unspecified atom stereocenters. The summed E-state index contributed by atoms with van der Waals surface area (Å²) in [6.45, 7) is 4.06. The van der Waals surface area contributed by atoms with Gasteiger partial charge in [-0.1, -0.05) is 12.1 Å². The number of benzene rings is 3. The molecule has 1 amide bonds. The Morgan fingerprint density at radius 1 is 1.00 bits per heavy atom. The fourth-order valence-electron chi connectivity index (χ4n) is 3.20. The topological polar surface area (TPSA) is 76.2 Å². The second kappa shape index (κ2) is 8.29. The fourth-order valence-corrected chi connectivity index (χ4v) is 3.20. The molecule has 0 aliphatic heterocycles. The van der Waals surface area contributed by atoms with Gasteiger partial charge in [-0.05, 0) is 73.5 Å². The molecule has 0 radical (unpaired) electrons. The largest absolute Gasteiger partial charge is 0.493 e. The Morgan fingerprint density at radius 3 is 2.43 bits per heavy atom. The fraction of sp³-hybridized carbons (Fsp3) is 0.167. The standard InChI is InChI=1S/C24H23N3O3/c1-15-12-19-20(13-16(15)2)27-24(26-19)17-8-10-18(11-9-17)25-23(28)14-30-22-7-5-4-6-21(22)29-3/h4-13H,14H2,1-3H3,(H,25,28)(H,26,27). The number of fused-ring (bicyclic) bond motifs is 1. The summed E-state index contributed by atoms with van der Waals surface area (Å²) in [5.74, 6) is 1.67. The first kappa shape index (κ1) is 19.5. The van der Waals surface area contributed by atoms with Crippen molar-refractivity contribution in [1.29, 1.82) is 0 Å². The maximum absolute atomic E-state index is 12.2. The molecule has 6 nitrogen and oxygen atoms in total. The normalized spacial score (nSPS) is 10.8. The molecule has 3 aromatic carbocycles. The number of aromatic nitrogens is 2. The van der Waals surface area contributed by atoms with Crippen molar-refractivity contribution in [2.45, 2.75) is 13.8 Å². The zero-order valence-electron chi connectivity index (χ0n) is 17.2. The van der Waals surface area contributed by atoms with Crippen molar-refractivity contribution in [3.8, 4) is 22.9 Å². The monoisotopic (exact) mass is 401 g/mol. The van der Waals surface area contributed by atoms with Gasteiger partial charge in [0.05, 0.1) is 18.1 Å². The van der Waals surface area contributed by atoms with Crippen LogP contribution in [0.2, 0.25) is 0 Å². The van der Waals surface area contributed by atoms with E-state index in [4.69, 9.17) is 9.47 Å². The van der Waals surface area contributed by atoms with Crippen LogP contribution in [0.5, 0.6) is 11.5 Å². The predicted octanol–water partition coefficient (Wildman–Crippen LogP) is 4.87. The number of amides is 1. The molecule has 1 heterocycles. The van der Waals surface area contributed by atoms with Crippen LogP contribution in [0.1, 0.15) is 11.1 Å². The highest BCUT2D eigenvalue weighted by Gasteiger charge is 2.09. The summed E-state index contributed by atoms with van der Waals surface area (Å²) in [5, 5.41) is 2.83. The lowest BCUT2D eigenvalue weighted by atomic mass is 10.1. The predicted molar refractivity (Wildman–Crippen MR) is 118 cm³/mol. The molecule has 30 heavy (non-hydrogen) atoms. The van der Waals surface area contributed by atoms with Crippen molar-refractivity contribution in [3.05, 3.63) is 71.8 Å². The summed E-state index contributed by atoms with van der Waals surface area (Å²) in [7, 11) is 1.56. The Balaban J connectivity index is 1.41. The van der Waals surface area contributed by atoms with Gasteiger partial charge in [0.15, 0.2) is 18.1 Å². The van der Waals surface area contributed by atoms with Gasteiger partial charge in [0, 0.05) is 11.3 Å². The van der Waals surface area contributed by atoms with E-state index in [2.05, 4.69) is 41.3 Å². The number of nitrogens with one attached hydrogen (secondary N) is 2. The first-order valence-corrected chi connectivity index (χ1v) is 9.66. The maximum atomic E-state index is 12.2. The third-order valence-corrected chi connectivity index (χ3v) is 4.97. The van der Waals surface area contributed by atoms with Crippen LogP contribution in [0.4, 0.5) is 5.69 Å². The van der Waals surface area contributed by atoms with Gasteiger partial charge in [-0.2, -0.15) is 0 Å². The van der Waals surface area contributed by atoms with Gasteiger partial charge in [0.1, 0.15) is 5.82 Å². The number of H-pyrrole nitrogens is 1. The molecule has 1 aromatic heterocycles. The van der Waals surface area contributed by atoms with E-state index in [0.717, 1.165) is 22.4 Å². The number of anilines is 1. The summed E-state index contributed by atoms with van der Waals surface area (Å²) in [4.78, 5) is 20.3. The molecule has 2 N–H and O–H groups in total. The van der Waals surface area contributed by atoms with Crippen molar-refractivity contribution >= 4 is 22.6 Å². The summed E-state index contributed by atoms with van der Waals surface area (Å²) in [6.07, 6.45) is 0. The van der Waals surface area contributed by atoms with Crippen LogP contribution in [0.15, 0.2) is 60.7 Å². The van der Waals surface area contributed by atoms with E-state index in [9.17, 15) is 4.79 Å². The van der Waals surface area contributed by atoms with Crippen LogP contribution < -0.4 is 14.8 Å². The minimum Gasteiger partial charge on any atom is -0.493 e. The minimum absolute atomic E-state index is 0.107. The molecule has 0 fully saturated rings. The molecule has 0 atom stereocenters. The second-order valence-corrected chi connectivity index (χ2v) is 7.10. The van der Waals surface area contributed by atoms with Crippen LogP contribution >= 0.6 is 0 Å². The van der Waals surface area contributed by atoms with Gasteiger partial charge in [-0.25, -0.2) is 4.98 Å². The van der Waals surface area contributed by atoms with E-state index >= 15 is 0 Å². The lowest BCUT2D eigenvalue weighted by Gasteiger charge is -2.10. The molecule has 152 valence electrons. The Morgan fingerprint density at radius 2 is 1.70 bits per heavy atom. The van der Waals surface area contributed by atoms with Crippen LogP contribution in [0.3, 0.4) is 0 Å². The number of rotatable bonds is 6. The SMILES string of the molecule is COc1ccccc1OCC(=O)Nc1ccc(-c2nc3cc(C)c(C)cc3[nH]2)cc1. The number of methoxy groups -OCH3 is 1. The van der Waals surface area contributed by atoms with Gasteiger partial charge in [-0.3, -0.25) is 4.79 Å². The summed E-state index contributed by atoms with van der Waals surface area (Å²) < 4.78 is 10.8. The minimum atomic E-state index is -0.247. The van der Waals surface area contributed by atoms with Gasteiger partial charge < -0.3 is 19.8 Å². The van der Waals surface area contributed by atoms with Crippen molar-refractivity contribution in [3.63, 3.8) is 0 Å². The van der Waals surface area contributed by atoms with Gasteiger partial charge in [-0.15, -0.1) is 0 Å². The molecular formula is C24H23N3O3. The van der Waals surface area contributed by atoms with Gasteiger partial charge >= 0.3 is 0 Å². The number of nitrogens with zero attached hydrogens (tertiary/aromatic N) is 1. The molecular weight excluding hydrogens is 378 g/mol. The first-order chi connectivity index (χ1) is 14.5. The molecule has 0 spiro atoms. The quantitative estimate of drug-likeness (QED) is 0.483. The maximum Gasteiger partial charge on any atom is 0.262 e. The highest BCUT2D eigenvalue weighted by molar-refractivity contribution is 5.92. The van der Waals surface area contributed by atoms with E-state index in [1.165, 1.54) is 11.1 Å². The van der Waals surface area contributed by atoms with E-state index in [1.54, 1.807) is 19.2 Å². The zero-order valence-corrected chi connectivity index (χ0v) is 17.2. The Hall–Kier alpha value is -3.80. The number of para-hydroxylation sites is 2. The third-order valence-electron chi connectivity index (χ3n) is 4.97. The number of hydrogen-bond donors (Lipinski definition) is 2. The third kappa shape index (κ3) is 4.12. The van der Waals surface area contributed by atoms with Crippen LogP contribution in [0, 0.1) is 13.8 Å². The van der Waals surface area contributed by atoms with Crippen molar-refractivity contribution < 1.29 is 14.3 Å². The van der Waals surface area contributed by atoms with Gasteiger partial charge in [0.2, 0.25) is 0 Å². The number of imidazole rings is 1. The summed E-state index contributed by atoms with van der Waals surface area (Å²) >= 11 is 0. The Labute approximate surface area is 174 Å². The van der Waals surface area contributed by atoms with Crippen molar-refractivity contribution in [1.82, 2.24) is 9.97 Å². The number of hydrogen-bond acceptors (Lipinski definition) is 4. The number of aromatic amines is 1. The Kier molecular flexibility index (Phi) is 5.39. The number of ether oxygens (including phenoxy) is 2. The molecule has 0 aliphatic rings. The average Bonchev–Trinajstić information content (AvgIpc) is 3.16. The van der Waals surface area contributed by atoms with Crippen molar-refractivity contribution in [2.75, 3.05) is 19.0 Å². The second-order valence-electron chi connectivity index (χ2n) is 7.10. The number of carbonyl (C=O) groups excluding carboxylic acids is 1. The molecule has 0 saturated carbocycles. The molecule has 4 aromatic rings. The Bertz CT molecular complexity index is 1160. The lowest BCUT2D eigenvalue weighted by molar-refractivity contribution is -0.118. The van der Waals surface area contributed by atoms with Crippen LogP contribution in [-0.2, 0) is 4.79 Å². The smallest absolute Gasteiger partial charge is 0.262 e. The van der Waals surface area contributed by atoms with E-state index in [1.807, 2.05) is 36.4 Å². The zero-order chi connectivity index (χ0) is 21.1. The van der Waals surface area contributed by atoms with Gasteiger partial charge in [0.25, 0.3) is 5.91 Å². The highest BCUT2D eigenvalue weighted by atomic mass is 16.5. The average molecular weight is 401 g/mol. The lowest BCUT2D eigenvalue weighted by Crippen LogP contribution is -2.20. The summed E-state index contributed by atoms with van der Waals surface area (Å²) in [6, 6.07) is 19.0. The number of aryl methyl sites for hydroxylation is 2. The first-order valence-electron chi connectivity index (χ1n) is 9.66. The van der Waals surface area contributed by atoms with Crippen LogP contribution in [-0.4, -0.2) is 29.6 Å². The highest BCUT2D eigenvalue weighted by Crippen LogP contribution is 2.26. The molecule has 0 aliphatic carbocycles. The van der Waals surface area contributed by atoms with E-state index in [-0.39, 0.29) is 12.5 Å². The number of carbonyl (C=O) groups is 1. The molecule has 0 saturated heterocycles. The molecule has 0 bridgehead atoms. The summed E-state index contributed by atoms with van der Waals surface area (Å²) in [5.41, 5.74) is 6.04. The van der Waals surface area contributed by atoms with E-state index in [0.29, 0.717) is 17.2 Å². The molecule has 4 rings (SSSR count).